The van der Waals surface area contributed by atoms with Gasteiger partial charge >= 0.3 is 0 Å². The number of benzene rings is 1. The van der Waals surface area contributed by atoms with Crippen molar-refractivity contribution in [3.05, 3.63) is 29.6 Å². The molecule has 2 N–H and O–H groups in total. The number of aliphatic hydroxyl groups excluding tert-OH is 1. The molecular weight excluding hydrogens is 261 g/mol. The third kappa shape index (κ3) is 3.10. The smallest absolute Gasteiger partial charge is 0.261 e. The van der Waals surface area contributed by atoms with Gasteiger partial charge < -0.3 is 15.2 Å². The molecule has 20 heavy (non-hydrogen) atoms. The lowest BCUT2D eigenvalue weighted by Gasteiger charge is -2.19. The van der Waals surface area contributed by atoms with Crippen LogP contribution in [-0.2, 0) is 11.2 Å². The zero-order valence-corrected chi connectivity index (χ0v) is 11.7. The van der Waals surface area contributed by atoms with E-state index >= 15 is 0 Å². The van der Waals surface area contributed by atoms with Gasteiger partial charge in [0.15, 0.2) is 17.7 Å². The summed E-state index contributed by atoms with van der Waals surface area (Å²) >= 11 is 0. The van der Waals surface area contributed by atoms with E-state index in [0.717, 1.165) is 6.42 Å². The molecule has 110 valence electrons. The first-order chi connectivity index (χ1) is 9.52. The number of ether oxygens (including phenoxy) is 1. The van der Waals surface area contributed by atoms with Crippen molar-refractivity contribution in [2.45, 2.75) is 38.9 Å². The minimum Gasteiger partial charge on any atom is -0.477 e. The van der Waals surface area contributed by atoms with E-state index in [4.69, 9.17) is 4.74 Å². The Balaban J connectivity index is 1.89. The predicted molar refractivity (Wildman–Crippen MR) is 73.0 cm³/mol. The monoisotopic (exact) mass is 281 g/mol. The maximum atomic E-state index is 13.5. The molecule has 4 nitrogen and oxygen atoms in total. The van der Waals surface area contributed by atoms with E-state index in [9.17, 15) is 14.3 Å². The van der Waals surface area contributed by atoms with Crippen LogP contribution in [0.3, 0.4) is 0 Å². The molecule has 0 radical (unpaired) electrons. The van der Waals surface area contributed by atoms with Gasteiger partial charge in [-0.05, 0) is 12.0 Å². The molecule has 0 saturated carbocycles. The summed E-state index contributed by atoms with van der Waals surface area (Å²) in [6.45, 7) is 4.09. The van der Waals surface area contributed by atoms with Crippen molar-refractivity contribution in [1.29, 1.82) is 0 Å². The van der Waals surface area contributed by atoms with Crippen LogP contribution in [0, 0.1) is 11.7 Å². The fourth-order valence-corrected chi connectivity index (χ4v) is 2.17. The topological polar surface area (TPSA) is 58.6 Å². The Labute approximate surface area is 117 Å². The molecule has 0 spiro atoms. The highest BCUT2D eigenvalue weighted by molar-refractivity contribution is 5.82. The molecule has 1 aliphatic heterocycles. The van der Waals surface area contributed by atoms with Crippen molar-refractivity contribution >= 4 is 5.91 Å². The summed E-state index contributed by atoms with van der Waals surface area (Å²) in [4.78, 5) is 12.0. The molecular formula is C15H20FNO3. The van der Waals surface area contributed by atoms with Crippen molar-refractivity contribution in [2.75, 3.05) is 6.54 Å². The van der Waals surface area contributed by atoms with Crippen LogP contribution < -0.4 is 10.1 Å². The Bertz CT molecular complexity index is 492. The first-order valence-electron chi connectivity index (χ1n) is 6.92. The highest BCUT2D eigenvalue weighted by Gasteiger charge is 2.31. The molecule has 0 aromatic heterocycles. The standard InChI is InChI=1S/C15H20FNO3/c1-3-9(2)12(18)8-17-15(19)13-7-10-5-4-6-11(16)14(10)20-13/h4-6,9,12-13,18H,3,7-8H2,1-2H3,(H,17,19). The van der Waals surface area contributed by atoms with Gasteiger partial charge in [0.1, 0.15) is 0 Å². The van der Waals surface area contributed by atoms with Gasteiger partial charge in [-0.3, -0.25) is 4.79 Å². The number of rotatable bonds is 5. The number of carbonyl (C=O) groups excluding carboxylic acids is 1. The van der Waals surface area contributed by atoms with E-state index in [-0.39, 0.29) is 24.1 Å². The van der Waals surface area contributed by atoms with E-state index in [1.807, 2.05) is 13.8 Å². The number of hydrogen-bond acceptors (Lipinski definition) is 3. The van der Waals surface area contributed by atoms with Crippen LogP contribution in [0.15, 0.2) is 18.2 Å². The van der Waals surface area contributed by atoms with Crippen LogP contribution in [0.25, 0.3) is 0 Å². The predicted octanol–water partition coefficient (Wildman–Crippen LogP) is 1.65. The van der Waals surface area contributed by atoms with Crippen LogP contribution in [0.4, 0.5) is 4.39 Å². The van der Waals surface area contributed by atoms with E-state index < -0.39 is 18.0 Å². The van der Waals surface area contributed by atoms with E-state index in [1.54, 1.807) is 12.1 Å². The van der Waals surface area contributed by atoms with Crippen molar-refractivity contribution in [2.24, 2.45) is 5.92 Å². The number of para-hydroxylation sites is 1. The first kappa shape index (κ1) is 14.8. The molecule has 5 heteroatoms. The number of fused-ring (bicyclic) bond motifs is 1. The number of carbonyl (C=O) groups is 1. The summed E-state index contributed by atoms with van der Waals surface area (Å²) in [6.07, 6.45) is -0.0955. The lowest BCUT2D eigenvalue weighted by atomic mass is 10.0. The molecule has 2 rings (SSSR count). The minimum atomic E-state index is -0.717. The molecule has 1 aromatic rings. The summed E-state index contributed by atoms with van der Waals surface area (Å²) in [5, 5.41) is 12.5. The molecule has 3 unspecified atom stereocenters. The highest BCUT2D eigenvalue weighted by atomic mass is 19.1. The average Bonchev–Trinajstić information content (AvgIpc) is 2.89. The van der Waals surface area contributed by atoms with Gasteiger partial charge in [0.25, 0.3) is 5.91 Å². The van der Waals surface area contributed by atoms with Gasteiger partial charge in [-0.15, -0.1) is 0 Å². The number of nitrogens with one attached hydrogen (secondary N) is 1. The minimum absolute atomic E-state index is 0.120. The zero-order chi connectivity index (χ0) is 14.7. The number of aliphatic hydroxyl groups is 1. The maximum Gasteiger partial charge on any atom is 0.261 e. The van der Waals surface area contributed by atoms with Gasteiger partial charge in [-0.25, -0.2) is 4.39 Å². The van der Waals surface area contributed by atoms with E-state index in [1.165, 1.54) is 6.07 Å². The SMILES string of the molecule is CCC(C)C(O)CNC(=O)C1Cc2cccc(F)c2O1. The summed E-state index contributed by atoms with van der Waals surface area (Å²) < 4.78 is 18.8. The lowest BCUT2D eigenvalue weighted by molar-refractivity contribution is -0.127. The van der Waals surface area contributed by atoms with Crippen molar-refractivity contribution in [1.82, 2.24) is 5.32 Å². The highest BCUT2D eigenvalue weighted by Crippen LogP contribution is 2.31. The quantitative estimate of drug-likeness (QED) is 0.863. The first-order valence-corrected chi connectivity index (χ1v) is 6.92. The van der Waals surface area contributed by atoms with Crippen LogP contribution in [0.1, 0.15) is 25.8 Å². The summed E-state index contributed by atoms with van der Waals surface area (Å²) in [6, 6.07) is 4.66. The van der Waals surface area contributed by atoms with Gasteiger partial charge in [0, 0.05) is 18.5 Å². The molecule has 0 bridgehead atoms. The zero-order valence-electron chi connectivity index (χ0n) is 11.7. The van der Waals surface area contributed by atoms with Crippen LogP contribution in [-0.4, -0.2) is 29.8 Å². The maximum absolute atomic E-state index is 13.5. The fraction of sp³-hybridized carbons (Fsp3) is 0.533. The number of halogens is 1. The van der Waals surface area contributed by atoms with E-state index in [0.29, 0.717) is 12.0 Å². The molecule has 1 amide bonds. The normalized spacial score (nSPS) is 19.9. The Kier molecular flexibility index (Phi) is 4.60. The third-order valence-electron chi connectivity index (χ3n) is 3.79. The Morgan fingerprint density at radius 1 is 1.60 bits per heavy atom. The molecule has 1 aromatic carbocycles. The summed E-state index contributed by atoms with van der Waals surface area (Å²) in [7, 11) is 0. The van der Waals surface area contributed by atoms with Crippen LogP contribution in [0.5, 0.6) is 5.75 Å². The molecule has 3 atom stereocenters. The van der Waals surface area contributed by atoms with Crippen LogP contribution >= 0.6 is 0 Å². The second-order valence-corrected chi connectivity index (χ2v) is 5.24. The number of amides is 1. The fourth-order valence-electron chi connectivity index (χ4n) is 2.17. The van der Waals surface area contributed by atoms with Crippen molar-refractivity contribution < 1.29 is 19.0 Å². The largest absolute Gasteiger partial charge is 0.477 e. The second kappa shape index (κ2) is 6.22. The molecule has 0 fully saturated rings. The van der Waals surface area contributed by atoms with Gasteiger partial charge in [0.2, 0.25) is 0 Å². The van der Waals surface area contributed by atoms with Crippen LogP contribution in [0.2, 0.25) is 0 Å². The third-order valence-corrected chi connectivity index (χ3v) is 3.79. The summed E-state index contributed by atoms with van der Waals surface area (Å²) in [5.74, 6) is -0.482. The lowest BCUT2D eigenvalue weighted by Crippen LogP contribution is -2.42. The Morgan fingerprint density at radius 3 is 3.00 bits per heavy atom. The van der Waals surface area contributed by atoms with E-state index in [2.05, 4.69) is 5.32 Å². The molecule has 0 saturated heterocycles. The number of hydrogen-bond donors (Lipinski definition) is 2. The molecule has 1 aliphatic rings. The van der Waals surface area contributed by atoms with Gasteiger partial charge in [-0.2, -0.15) is 0 Å². The Hall–Kier alpha value is -1.62. The average molecular weight is 281 g/mol. The van der Waals surface area contributed by atoms with Gasteiger partial charge in [0.05, 0.1) is 6.10 Å². The van der Waals surface area contributed by atoms with Crippen molar-refractivity contribution in [3.63, 3.8) is 0 Å². The Morgan fingerprint density at radius 2 is 2.35 bits per heavy atom. The molecule has 1 heterocycles. The van der Waals surface area contributed by atoms with Gasteiger partial charge in [-0.1, -0.05) is 32.4 Å². The molecule has 0 aliphatic carbocycles. The van der Waals surface area contributed by atoms with Crippen molar-refractivity contribution in [3.8, 4) is 5.75 Å². The summed E-state index contributed by atoms with van der Waals surface area (Å²) in [5.41, 5.74) is 0.702. The second-order valence-electron chi connectivity index (χ2n) is 5.24.